The summed E-state index contributed by atoms with van der Waals surface area (Å²) in [5.74, 6) is 1.07. The molecule has 0 atom stereocenters. The first-order chi connectivity index (χ1) is 9.19. The SMILES string of the molecule is CNc1ncc(Br)c(N2CCc3ccc(F)cc32)n1. The Bertz CT molecular complexity index is 632. The number of rotatable bonds is 2. The second-order valence-electron chi connectivity index (χ2n) is 4.29. The smallest absolute Gasteiger partial charge is 0.224 e. The fourth-order valence-corrected chi connectivity index (χ4v) is 2.65. The monoisotopic (exact) mass is 322 g/mol. The van der Waals surface area contributed by atoms with E-state index in [0.29, 0.717) is 5.95 Å². The van der Waals surface area contributed by atoms with E-state index in [1.807, 2.05) is 11.0 Å². The lowest BCUT2D eigenvalue weighted by Gasteiger charge is -2.20. The van der Waals surface area contributed by atoms with Crippen LogP contribution in [0.1, 0.15) is 5.56 Å². The normalized spacial score (nSPS) is 13.5. The van der Waals surface area contributed by atoms with Gasteiger partial charge >= 0.3 is 0 Å². The molecule has 1 aromatic heterocycles. The highest BCUT2D eigenvalue weighted by atomic mass is 79.9. The van der Waals surface area contributed by atoms with E-state index in [0.717, 1.165) is 34.5 Å². The van der Waals surface area contributed by atoms with Gasteiger partial charge in [0.05, 0.1) is 4.47 Å². The van der Waals surface area contributed by atoms with Gasteiger partial charge in [-0.15, -0.1) is 0 Å². The summed E-state index contributed by atoms with van der Waals surface area (Å²) in [6, 6.07) is 4.88. The summed E-state index contributed by atoms with van der Waals surface area (Å²) in [5.41, 5.74) is 2.01. The van der Waals surface area contributed by atoms with Crippen LogP contribution in [0.4, 0.5) is 21.8 Å². The number of hydrogen-bond donors (Lipinski definition) is 1. The molecule has 0 amide bonds. The van der Waals surface area contributed by atoms with Crippen LogP contribution < -0.4 is 10.2 Å². The largest absolute Gasteiger partial charge is 0.357 e. The molecule has 0 bridgehead atoms. The van der Waals surface area contributed by atoms with Crippen molar-refractivity contribution in [1.82, 2.24) is 9.97 Å². The van der Waals surface area contributed by atoms with Crippen LogP contribution >= 0.6 is 15.9 Å². The van der Waals surface area contributed by atoms with E-state index in [2.05, 4.69) is 31.2 Å². The molecule has 2 aromatic rings. The molecule has 0 saturated heterocycles. The van der Waals surface area contributed by atoms with Crippen LogP contribution in [-0.2, 0) is 6.42 Å². The lowest BCUT2D eigenvalue weighted by atomic mass is 10.2. The standard InChI is InChI=1S/C13H12BrFN4/c1-16-13-17-7-10(14)12(18-13)19-5-4-8-2-3-9(15)6-11(8)19/h2-3,6-7H,4-5H2,1H3,(H,16,17,18). The molecular formula is C13H12BrFN4. The van der Waals surface area contributed by atoms with Crippen molar-refractivity contribution >= 4 is 33.4 Å². The summed E-state index contributed by atoms with van der Waals surface area (Å²) < 4.78 is 14.2. The molecule has 1 aromatic carbocycles. The summed E-state index contributed by atoms with van der Waals surface area (Å²) >= 11 is 3.45. The molecular weight excluding hydrogens is 311 g/mol. The Hall–Kier alpha value is -1.69. The first-order valence-electron chi connectivity index (χ1n) is 5.95. The van der Waals surface area contributed by atoms with Crippen molar-refractivity contribution in [3.63, 3.8) is 0 Å². The molecule has 1 N–H and O–H groups in total. The van der Waals surface area contributed by atoms with E-state index in [1.54, 1.807) is 19.3 Å². The third-order valence-corrected chi connectivity index (χ3v) is 3.71. The zero-order valence-electron chi connectivity index (χ0n) is 10.3. The van der Waals surface area contributed by atoms with Crippen molar-refractivity contribution < 1.29 is 4.39 Å². The maximum atomic E-state index is 13.4. The van der Waals surface area contributed by atoms with Gasteiger partial charge < -0.3 is 10.2 Å². The van der Waals surface area contributed by atoms with Crippen molar-refractivity contribution in [2.45, 2.75) is 6.42 Å². The minimum atomic E-state index is -0.232. The number of nitrogens with one attached hydrogen (secondary N) is 1. The van der Waals surface area contributed by atoms with Crippen molar-refractivity contribution in [1.29, 1.82) is 0 Å². The molecule has 0 spiro atoms. The summed E-state index contributed by atoms with van der Waals surface area (Å²) in [6.07, 6.45) is 2.59. The molecule has 6 heteroatoms. The molecule has 1 aliphatic rings. The minimum Gasteiger partial charge on any atom is -0.357 e. The number of fused-ring (bicyclic) bond motifs is 1. The molecule has 0 radical (unpaired) electrons. The van der Waals surface area contributed by atoms with Gasteiger partial charge in [-0.3, -0.25) is 0 Å². The van der Waals surface area contributed by atoms with Gasteiger partial charge in [-0.25, -0.2) is 9.37 Å². The van der Waals surface area contributed by atoms with E-state index < -0.39 is 0 Å². The van der Waals surface area contributed by atoms with Gasteiger partial charge in [0.2, 0.25) is 5.95 Å². The Kier molecular flexibility index (Phi) is 3.10. The van der Waals surface area contributed by atoms with Gasteiger partial charge in [-0.05, 0) is 40.0 Å². The predicted molar refractivity (Wildman–Crippen MR) is 76.4 cm³/mol. The summed E-state index contributed by atoms with van der Waals surface area (Å²) in [4.78, 5) is 10.6. The van der Waals surface area contributed by atoms with Crippen molar-refractivity contribution in [2.75, 3.05) is 23.8 Å². The first-order valence-corrected chi connectivity index (χ1v) is 6.74. The lowest BCUT2D eigenvalue weighted by Crippen LogP contribution is -2.16. The van der Waals surface area contributed by atoms with Gasteiger partial charge in [0.15, 0.2) is 5.82 Å². The molecule has 0 unspecified atom stereocenters. The first kappa shape index (κ1) is 12.3. The van der Waals surface area contributed by atoms with E-state index in [-0.39, 0.29) is 5.82 Å². The maximum Gasteiger partial charge on any atom is 0.224 e. The highest BCUT2D eigenvalue weighted by Crippen LogP contribution is 2.37. The Balaban J connectivity index is 2.08. The van der Waals surface area contributed by atoms with Crippen molar-refractivity contribution in [2.24, 2.45) is 0 Å². The molecule has 98 valence electrons. The van der Waals surface area contributed by atoms with Crippen molar-refractivity contribution in [3.05, 3.63) is 40.2 Å². The highest BCUT2D eigenvalue weighted by Gasteiger charge is 2.24. The van der Waals surface area contributed by atoms with Gasteiger partial charge in [-0.2, -0.15) is 4.98 Å². The number of aromatic nitrogens is 2. The van der Waals surface area contributed by atoms with Crippen molar-refractivity contribution in [3.8, 4) is 0 Å². The molecule has 2 heterocycles. The molecule has 0 saturated carbocycles. The second kappa shape index (κ2) is 4.77. The van der Waals surface area contributed by atoms with Crippen LogP contribution in [0.15, 0.2) is 28.9 Å². The second-order valence-corrected chi connectivity index (χ2v) is 5.14. The highest BCUT2D eigenvalue weighted by molar-refractivity contribution is 9.10. The average molecular weight is 323 g/mol. The maximum absolute atomic E-state index is 13.4. The van der Waals surface area contributed by atoms with Crippen LogP contribution in [0.3, 0.4) is 0 Å². The van der Waals surface area contributed by atoms with Gasteiger partial charge in [0, 0.05) is 25.5 Å². The number of halogens is 2. The number of anilines is 3. The Morgan fingerprint density at radius 2 is 2.26 bits per heavy atom. The summed E-state index contributed by atoms with van der Waals surface area (Å²) in [7, 11) is 1.77. The zero-order chi connectivity index (χ0) is 13.4. The van der Waals surface area contributed by atoms with Crippen LogP contribution in [0.2, 0.25) is 0 Å². The van der Waals surface area contributed by atoms with Gasteiger partial charge in [-0.1, -0.05) is 6.07 Å². The van der Waals surface area contributed by atoms with E-state index in [1.165, 1.54) is 6.07 Å². The minimum absolute atomic E-state index is 0.232. The third-order valence-electron chi connectivity index (χ3n) is 3.15. The third kappa shape index (κ3) is 2.16. The van der Waals surface area contributed by atoms with E-state index >= 15 is 0 Å². The zero-order valence-corrected chi connectivity index (χ0v) is 11.9. The Labute approximate surface area is 118 Å². The Morgan fingerprint density at radius 1 is 1.42 bits per heavy atom. The van der Waals surface area contributed by atoms with E-state index in [4.69, 9.17) is 0 Å². The average Bonchev–Trinajstić information content (AvgIpc) is 2.82. The van der Waals surface area contributed by atoms with Gasteiger partial charge in [0.1, 0.15) is 5.82 Å². The lowest BCUT2D eigenvalue weighted by molar-refractivity contribution is 0.628. The fraction of sp³-hybridized carbons (Fsp3) is 0.231. The number of hydrogen-bond acceptors (Lipinski definition) is 4. The Morgan fingerprint density at radius 3 is 3.05 bits per heavy atom. The molecule has 4 nitrogen and oxygen atoms in total. The quantitative estimate of drug-likeness (QED) is 0.922. The van der Waals surface area contributed by atoms with Crippen LogP contribution in [0.25, 0.3) is 0 Å². The molecule has 19 heavy (non-hydrogen) atoms. The molecule has 0 aliphatic carbocycles. The molecule has 1 aliphatic heterocycles. The summed E-state index contributed by atoms with van der Waals surface area (Å²) in [6.45, 7) is 0.789. The topological polar surface area (TPSA) is 41.1 Å². The van der Waals surface area contributed by atoms with Crippen LogP contribution in [0.5, 0.6) is 0 Å². The summed E-state index contributed by atoms with van der Waals surface area (Å²) in [5, 5.41) is 2.91. The van der Waals surface area contributed by atoms with E-state index in [9.17, 15) is 4.39 Å². The predicted octanol–water partition coefficient (Wildman–Crippen LogP) is 3.11. The number of benzene rings is 1. The molecule has 0 fully saturated rings. The molecule has 3 rings (SSSR count). The number of nitrogens with zero attached hydrogens (tertiary/aromatic N) is 3. The van der Waals surface area contributed by atoms with Gasteiger partial charge in [0.25, 0.3) is 0 Å². The van der Waals surface area contributed by atoms with Crippen LogP contribution in [0, 0.1) is 5.82 Å². The van der Waals surface area contributed by atoms with Crippen LogP contribution in [-0.4, -0.2) is 23.6 Å². The fourth-order valence-electron chi connectivity index (χ4n) is 2.24.